The molecule has 0 atom stereocenters. The van der Waals surface area contributed by atoms with Crippen molar-refractivity contribution in [1.29, 1.82) is 0 Å². The van der Waals surface area contributed by atoms with Gasteiger partial charge in [-0.15, -0.1) is 0 Å². The Kier molecular flexibility index (Phi) is 5.00. The minimum absolute atomic E-state index is 0.146. The second kappa shape index (κ2) is 7.35. The fraction of sp³-hybridized carbons (Fsp3) is 0.217. The maximum atomic E-state index is 5.62. The molecule has 0 N–H and O–H groups in total. The molecule has 0 unspecified atom stereocenters. The standard InChI is InChI=1S/C23H24O/c1-3-23(19-11-7-5-8-12-19,20-13-9-6-10-14-20)21-15-17-22(18-16-21)24-4-2/h5-18H,3-4H2,1-2H3. The topological polar surface area (TPSA) is 9.23 Å². The Labute approximate surface area is 144 Å². The van der Waals surface area contributed by atoms with Crippen LogP contribution in [0.5, 0.6) is 5.75 Å². The molecule has 0 spiro atoms. The molecule has 0 aliphatic heterocycles. The Hall–Kier alpha value is -2.54. The molecule has 0 aliphatic carbocycles. The van der Waals surface area contributed by atoms with Gasteiger partial charge in [-0.3, -0.25) is 0 Å². The molecule has 0 fully saturated rings. The van der Waals surface area contributed by atoms with Crippen LogP contribution in [0.3, 0.4) is 0 Å². The first kappa shape index (κ1) is 16.3. The molecule has 1 nitrogen and oxygen atoms in total. The summed E-state index contributed by atoms with van der Waals surface area (Å²) in [5, 5.41) is 0. The second-order valence-electron chi connectivity index (χ2n) is 5.95. The fourth-order valence-corrected chi connectivity index (χ4v) is 3.56. The molecule has 0 heterocycles. The smallest absolute Gasteiger partial charge is 0.119 e. The second-order valence-corrected chi connectivity index (χ2v) is 5.95. The van der Waals surface area contributed by atoms with Crippen molar-refractivity contribution in [3.05, 3.63) is 102 Å². The van der Waals surface area contributed by atoms with Crippen LogP contribution >= 0.6 is 0 Å². The van der Waals surface area contributed by atoms with E-state index in [1.165, 1.54) is 16.7 Å². The summed E-state index contributed by atoms with van der Waals surface area (Å²) in [7, 11) is 0. The number of ether oxygens (including phenoxy) is 1. The van der Waals surface area contributed by atoms with Crippen LogP contribution < -0.4 is 4.74 Å². The van der Waals surface area contributed by atoms with Gasteiger partial charge >= 0.3 is 0 Å². The first-order chi connectivity index (χ1) is 11.8. The zero-order chi connectivity index (χ0) is 16.8. The first-order valence-corrected chi connectivity index (χ1v) is 8.65. The Morgan fingerprint density at radius 1 is 0.625 bits per heavy atom. The van der Waals surface area contributed by atoms with Crippen LogP contribution in [0.1, 0.15) is 37.0 Å². The fourth-order valence-electron chi connectivity index (χ4n) is 3.56. The van der Waals surface area contributed by atoms with Gasteiger partial charge in [-0.2, -0.15) is 0 Å². The molecule has 3 aromatic carbocycles. The highest BCUT2D eigenvalue weighted by Crippen LogP contribution is 2.42. The molecule has 0 saturated carbocycles. The van der Waals surface area contributed by atoms with Gasteiger partial charge < -0.3 is 4.74 Å². The first-order valence-electron chi connectivity index (χ1n) is 8.65. The summed E-state index contributed by atoms with van der Waals surface area (Å²) in [4.78, 5) is 0. The van der Waals surface area contributed by atoms with Gasteiger partial charge in [-0.1, -0.05) is 79.7 Å². The van der Waals surface area contributed by atoms with E-state index in [0.29, 0.717) is 6.61 Å². The zero-order valence-corrected chi connectivity index (χ0v) is 14.4. The Morgan fingerprint density at radius 3 is 1.50 bits per heavy atom. The molecule has 0 aromatic heterocycles. The van der Waals surface area contributed by atoms with Crippen molar-refractivity contribution in [2.75, 3.05) is 6.61 Å². The van der Waals surface area contributed by atoms with Gasteiger partial charge in [0, 0.05) is 5.41 Å². The summed E-state index contributed by atoms with van der Waals surface area (Å²) >= 11 is 0. The van der Waals surface area contributed by atoms with Crippen molar-refractivity contribution in [2.45, 2.75) is 25.7 Å². The maximum Gasteiger partial charge on any atom is 0.119 e. The van der Waals surface area contributed by atoms with Crippen molar-refractivity contribution < 1.29 is 4.74 Å². The molecule has 0 radical (unpaired) electrons. The van der Waals surface area contributed by atoms with E-state index in [0.717, 1.165) is 12.2 Å². The van der Waals surface area contributed by atoms with Crippen LogP contribution in [0.25, 0.3) is 0 Å². The lowest BCUT2D eigenvalue weighted by Gasteiger charge is -2.35. The van der Waals surface area contributed by atoms with Crippen LogP contribution in [0.15, 0.2) is 84.9 Å². The maximum absolute atomic E-state index is 5.62. The Bertz CT molecular complexity index is 706. The lowest BCUT2D eigenvalue weighted by atomic mass is 9.68. The lowest BCUT2D eigenvalue weighted by Crippen LogP contribution is -2.28. The largest absolute Gasteiger partial charge is 0.494 e. The number of rotatable bonds is 6. The van der Waals surface area contributed by atoms with Crippen LogP contribution in [0, 0.1) is 0 Å². The number of hydrogen-bond acceptors (Lipinski definition) is 1. The highest BCUT2D eigenvalue weighted by molar-refractivity contribution is 5.51. The zero-order valence-electron chi connectivity index (χ0n) is 14.4. The lowest BCUT2D eigenvalue weighted by molar-refractivity contribution is 0.340. The minimum Gasteiger partial charge on any atom is -0.494 e. The molecule has 0 amide bonds. The molecule has 0 bridgehead atoms. The van der Waals surface area contributed by atoms with Gasteiger partial charge in [0.15, 0.2) is 0 Å². The van der Waals surface area contributed by atoms with E-state index in [2.05, 4.69) is 91.9 Å². The predicted molar refractivity (Wildman–Crippen MR) is 101 cm³/mol. The molecule has 1 heteroatoms. The van der Waals surface area contributed by atoms with Crippen LogP contribution in [-0.4, -0.2) is 6.61 Å². The normalized spacial score (nSPS) is 11.2. The van der Waals surface area contributed by atoms with Crippen molar-refractivity contribution in [2.24, 2.45) is 0 Å². The van der Waals surface area contributed by atoms with E-state index < -0.39 is 0 Å². The van der Waals surface area contributed by atoms with E-state index in [4.69, 9.17) is 4.74 Å². The van der Waals surface area contributed by atoms with Crippen LogP contribution in [0.4, 0.5) is 0 Å². The van der Waals surface area contributed by atoms with E-state index in [1.807, 2.05) is 6.92 Å². The summed E-state index contributed by atoms with van der Waals surface area (Å²) in [5.74, 6) is 0.923. The summed E-state index contributed by atoms with van der Waals surface area (Å²) in [6.45, 7) is 4.96. The van der Waals surface area contributed by atoms with E-state index in [9.17, 15) is 0 Å². The summed E-state index contributed by atoms with van der Waals surface area (Å²) < 4.78 is 5.62. The molecule has 0 aliphatic rings. The molecular weight excluding hydrogens is 292 g/mol. The van der Waals surface area contributed by atoms with Crippen molar-refractivity contribution in [1.82, 2.24) is 0 Å². The third-order valence-electron chi connectivity index (χ3n) is 4.72. The molecule has 24 heavy (non-hydrogen) atoms. The van der Waals surface area contributed by atoms with Crippen molar-refractivity contribution in [3.63, 3.8) is 0 Å². The van der Waals surface area contributed by atoms with E-state index in [-0.39, 0.29) is 5.41 Å². The minimum atomic E-state index is -0.146. The van der Waals surface area contributed by atoms with E-state index >= 15 is 0 Å². The van der Waals surface area contributed by atoms with Gasteiger partial charge in [0.2, 0.25) is 0 Å². The average Bonchev–Trinajstić information content (AvgIpc) is 2.66. The molecule has 122 valence electrons. The Morgan fingerprint density at radius 2 is 1.08 bits per heavy atom. The van der Waals surface area contributed by atoms with E-state index in [1.54, 1.807) is 0 Å². The molecular formula is C23H24O. The van der Waals surface area contributed by atoms with Crippen molar-refractivity contribution in [3.8, 4) is 5.75 Å². The Balaban J connectivity index is 2.18. The highest BCUT2D eigenvalue weighted by atomic mass is 16.5. The molecule has 3 aromatic rings. The van der Waals surface area contributed by atoms with Gasteiger partial charge in [0.1, 0.15) is 5.75 Å². The van der Waals surface area contributed by atoms with Gasteiger partial charge in [-0.25, -0.2) is 0 Å². The van der Waals surface area contributed by atoms with Crippen LogP contribution in [0.2, 0.25) is 0 Å². The molecule has 0 saturated heterocycles. The third kappa shape index (κ3) is 2.94. The van der Waals surface area contributed by atoms with Gasteiger partial charge in [0.05, 0.1) is 6.61 Å². The van der Waals surface area contributed by atoms with Crippen LogP contribution in [-0.2, 0) is 5.41 Å². The van der Waals surface area contributed by atoms with Gasteiger partial charge in [-0.05, 0) is 42.2 Å². The highest BCUT2D eigenvalue weighted by Gasteiger charge is 2.34. The number of hydrogen-bond donors (Lipinski definition) is 0. The van der Waals surface area contributed by atoms with Gasteiger partial charge in [0.25, 0.3) is 0 Å². The quantitative estimate of drug-likeness (QED) is 0.520. The third-order valence-corrected chi connectivity index (χ3v) is 4.72. The number of benzene rings is 3. The predicted octanol–water partition coefficient (Wildman–Crippen LogP) is 5.83. The summed E-state index contributed by atoms with van der Waals surface area (Å²) in [6.07, 6.45) is 0.995. The summed E-state index contributed by atoms with van der Waals surface area (Å²) in [6, 6.07) is 30.1. The SMILES string of the molecule is CCOc1ccc(C(CC)(c2ccccc2)c2ccccc2)cc1. The van der Waals surface area contributed by atoms with Crippen molar-refractivity contribution >= 4 is 0 Å². The molecule has 3 rings (SSSR count). The monoisotopic (exact) mass is 316 g/mol. The summed E-state index contributed by atoms with van der Waals surface area (Å²) in [5.41, 5.74) is 3.80. The average molecular weight is 316 g/mol.